The Bertz CT molecular complexity index is 429. The number of nitrogens with two attached hydrogens (primary N) is 1. The lowest BCUT2D eigenvalue weighted by molar-refractivity contribution is -0.148. The first-order valence-electron chi connectivity index (χ1n) is 5.64. The van der Waals surface area contributed by atoms with E-state index in [4.69, 9.17) is 20.3 Å². The summed E-state index contributed by atoms with van der Waals surface area (Å²) in [7, 11) is 1.53. The molecule has 5 nitrogen and oxygen atoms in total. The van der Waals surface area contributed by atoms with Crippen molar-refractivity contribution in [2.45, 2.75) is 20.4 Å². The second-order valence-electron chi connectivity index (χ2n) is 4.67. The number of hydrogen-bond donors (Lipinski definition) is 2. The summed E-state index contributed by atoms with van der Waals surface area (Å²) in [5.74, 6) is 0.170. The number of rotatable bonds is 6. The SMILES string of the molecule is COc1cc(CN)ccc1OCC(C)(C)C(=O)O. The highest BCUT2D eigenvalue weighted by molar-refractivity contribution is 5.73. The lowest BCUT2D eigenvalue weighted by Crippen LogP contribution is -2.30. The second-order valence-corrected chi connectivity index (χ2v) is 4.67. The van der Waals surface area contributed by atoms with Gasteiger partial charge in [0.25, 0.3) is 0 Å². The highest BCUT2D eigenvalue weighted by Gasteiger charge is 2.28. The average molecular weight is 253 g/mol. The molecule has 0 aromatic heterocycles. The van der Waals surface area contributed by atoms with Crippen LogP contribution in [-0.2, 0) is 11.3 Å². The Morgan fingerprint density at radius 1 is 1.39 bits per heavy atom. The van der Waals surface area contributed by atoms with Gasteiger partial charge in [-0.2, -0.15) is 0 Å². The van der Waals surface area contributed by atoms with E-state index in [1.807, 2.05) is 6.07 Å². The minimum atomic E-state index is -0.947. The van der Waals surface area contributed by atoms with E-state index in [2.05, 4.69) is 0 Å². The molecule has 0 unspecified atom stereocenters. The lowest BCUT2D eigenvalue weighted by atomic mass is 9.95. The van der Waals surface area contributed by atoms with Crippen molar-refractivity contribution < 1.29 is 19.4 Å². The fourth-order valence-corrected chi connectivity index (χ4v) is 1.28. The van der Waals surface area contributed by atoms with E-state index in [1.165, 1.54) is 7.11 Å². The Morgan fingerprint density at radius 3 is 2.56 bits per heavy atom. The van der Waals surface area contributed by atoms with E-state index < -0.39 is 11.4 Å². The minimum absolute atomic E-state index is 0.0701. The van der Waals surface area contributed by atoms with Gasteiger partial charge in [-0.3, -0.25) is 4.79 Å². The number of aliphatic carboxylic acids is 1. The first kappa shape index (κ1) is 14.3. The van der Waals surface area contributed by atoms with Gasteiger partial charge in [0, 0.05) is 6.54 Å². The van der Waals surface area contributed by atoms with Crippen LogP contribution in [0.25, 0.3) is 0 Å². The maximum absolute atomic E-state index is 11.0. The maximum Gasteiger partial charge on any atom is 0.312 e. The molecular formula is C13H19NO4. The molecule has 0 saturated heterocycles. The van der Waals surface area contributed by atoms with Crippen LogP contribution in [0.5, 0.6) is 11.5 Å². The van der Waals surface area contributed by atoms with E-state index in [-0.39, 0.29) is 6.61 Å². The zero-order valence-electron chi connectivity index (χ0n) is 10.9. The zero-order valence-corrected chi connectivity index (χ0v) is 10.9. The lowest BCUT2D eigenvalue weighted by Gasteiger charge is -2.20. The fraction of sp³-hybridized carbons (Fsp3) is 0.462. The Hall–Kier alpha value is -1.75. The number of hydrogen-bond acceptors (Lipinski definition) is 4. The van der Waals surface area contributed by atoms with Crippen LogP contribution in [0.2, 0.25) is 0 Å². The number of ether oxygens (including phenoxy) is 2. The van der Waals surface area contributed by atoms with Gasteiger partial charge in [0.05, 0.1) is 12.5 Å². The van der Waals surface area contributed by atoms with E-state index in [1.54, 1.807) is 26.0 Å². The van der Waals surface area contributed by atoms with E-state index in [0.717, 1.165) is 5.56 Å². The molecule has 0 aliphatic carbocycles. The predicted octanol–water partition coefficient (Wildman–Crippen LogP) is 1.64. The maximum atomic E-state index is 11.0. The van der Waals surface area contributed by atoms with Gasteiger partial charge in [-0.25, -0.2) is 0 Å². The summed E-state index contributed by atoms with van der Waals surface area (Å²) < 4.78 is 10.7. The normalized spacial score (nSPS) is 11.1. The van der Waals surface area contributed by atoms with Crippen LogP contribution >= 0.6 is 0 Å². The molecule has 5 heteroatoms. The summed E-state index contributed by atoms with van der Waals surface area (Å²) >= 11 is 0. The smallest absolute Gasteiger partial charge is 0.312 e. The zero-order chi connectivity index (χ0) is 13.8. The number of carboxylic acid groups (broad SMARTS) is 1. The standard InChI is InChI=1S/C13H19NO4/c1-13(2,12(15)16)8-18-10-5-4-9(7-14)6-11(10)17-3/h4-6H,7-8,14H2,1-3H3,(H,15,16). The van der Waals surface area contributed by atoms with Crippen LogP contribution in [0.1, 0.15) is 19.4 Å². The molecule has 0 bridgehead atoms. The first-order valence-corrected chi connectivity index (χ1v) is 5.64. The van der Waals surface area contributed by atoms with Crippen molar-refractivity contribution in [2.24, 2.45) is 11.1 Å². The Morgan fingerprint density at radius 2 is 2.06 bits per heavy atom. The van der Waals surface area contributed by atoms with E-state index >= 15 is 0 Å². The molecule has 18 heavy (non-hydrogen) atoms. The van der Waals surface area contributed by atoms with Crippen LogP contribution in [0, 0.1) is 5.41 Å². The molecule has 1 aromatic rings. The Balaban J connectivity index is 2.82. The third kappa shape index (κ3) is 3.37. The van der Waals surface area contributed by atoms with Crippen molar-refractivity contribution in [1.82, 2.24) is 0 Å². The highest BCUT2D eigenvalue weighted by atomic mass is 16.5. The molecule has 0 amide bonds. The van der Waals surface area contributed by atoms with Gasteiger partial charge >= 0.3 is 5.97 Å². The van der Waals surface area contributed by atoms with Crippen LogP contribution in [0.3, 0.4) is 0 Å². The summed E-state index contributed by atoms with van der Waals surface area (Å²) in [6.07, 6.45) is 0. The third-order valence-corrected chi connectivity index (χ3v) is 2.63. The molecule has 0 radical (unpaired) electrons. The van der Waals surface area contributed by atoms with Gasteiger partial charge in [-0.05, 0) is 31.5 Å². The Labute approximate surface area is 107 Å². The third-order valence-electron chi connectivity index (χ3n) is 2.63. The monoisotopic (exact) mass is 253 g/mol. The van der Waals surface area contributed by atoms with Crippen molar-refractivity contribution in [2.75, 3.05) is 13.7 Å². The molecular weight excluding hydrogens is 234 g/mol. The molecule has 0 aliphatic rings. The van der Waals surface area contributed by atoms with Gasteiger partial charge in [0.1, 0.15) is 6.61 Å². The molecule has 0 aliphatic heterocycles. The van der Waals surface area contributed by atoms with Crippen molar-refractivity contribution in [1.29, 1.82) is 0 Å². The van der Waals surface area contributed by atoms with E-state index in [0.29, 0.717) is 18.0 Å². The summed E-state index contributed by atoms with van der Waals surface area (Å²) in [6, 6.07) is 5.34. The number of benzene rings is 1. The number of methoxy groups -OCH3 is 1. The minimum Gasteiger partial charge on any atom is -0.493 e. The van der Waals surface area contributed by atoms with Crippen LogP contribution < -0.4 is 15.2 Å². The van der Waals surface area contributed by atoms with Crippen molar-refractivity contribution in [3.8, 4) is 11.5 Å². The molecule has 0 spiro atoms. The molecule has 100 valence electrons. The van der Waals surface area contributed by atoms with Crippen LogP contribution in [0.4, 0.5) is 0 Å². The molecule has 0 atom stereocenters. The molecule has 0 fully saturated rings. The van der Waals surface area contributed by atoms with E-state index in [9.17, 15) is 4.79 Å². The van der Waals surface area contributed by atoms with Crippen LogP contribution in [0.15, 0.2) is 18.2 Å². The number of carbonyl (C=O) groups is 1. The molecule has 3 N–H and O–H groups in total. The molecule has 0 saturated carbocycles. The van der Waals surface area contributed by atoms with Crippen LogP contribution in [-0.4, -0.2) is 24.8 Å². The average Bonchev–Trinajstić information content (AvgIpc) is 2.35. The Kier molecular flexibility index (Phi) is 4.55. The summed E-state index contributed by atoms with van der Waals surface area (Å²) in [5, 5.41) is 9.00. The first-order chi connectivity index (χ1) is 8.40. The topological polar surface area (TPSA) is 81.8 Å². The largest absolute Gasteiger partial charge is 0.493 e. The van der Waals surface area contributed by atoms with Gasteiger partial charge in [0.15, 0.2) is 11.5 Å². The molecule has 1 aromatic carbocycles. The van der Waals surface area contributed by atoms with Crippen molar-refractivity contribution in [3.05, 3.63) is 23.8 Å². The van der Waals surface area contributed by atoms with Gasteiger partial charge in [-0.1, -0.05) is 6.07 Å². The summed E-state index contributed by atoms with van der Waals surface area (Å²) in [6.45, 7) is 3.70. The van der Waals surface area contributed by atoms with Crippen molar-refractivity contribution >= 4 is 5.97 Å². The van der Waals surface area contributed by atoms with Gasteiger partial charge in [0.2, 0.25) is 0 Å². The fourth-order valence-electron chi connectivity index (χ4n) is 1.28. The number of carboxylic acids is 1. The summed E-state index contributed by atoms with van der Waals surface area (Å²) in [4.78, 5) is 11.0. The van der Waals surface area contributed by atoms with Gasteiger partial charge < -0.3 is 20.3 Å². The van der Waals surface area contributed by atoms with Crippen molar-refractivity contribution in [3.63, 3.8) is 0 Å². The second kappa shape index (κ2) is 5.73. The highest BCUT2D eigenvalue weighted by Crippen LogP contribution is 2.29. The van der Waals surface area contributed by atoms with Gasteiger partial charge in [-0.15, -0.1) is 0 Å². The predicted molar refractivity (Wildman–Crippen MR) is 67.8 cm³/mol. The molecule has 0 heterocycles. The summed E-state index contributed by atoms with van der Waals surface area (Å²) in [5.41, 5.74) is 5.51. The molecule has 1 rings (SSSR count). The quantitative estimate of drug-likeness (QED) is 0.805.